The van der Waals surface area contributed by atoms with Crippen LogP contribution in [0.4, 0.5) is 5.95 Å². The molecular weight excluding hydrogens is 360 g/mol. The Morgan fingerprint density at radius 1 is 1.37 bits per heavy atom. The van der Waals surface area contributed by atoms with E-state index in [1.807, 2.05) is 25.1 Å². The predicted octanol–water partition coefficient (Wildman–Crippen LogP) is 3.36. The molecule has 140 valence electrons. The van der Waals surface area contributed by atoms with Crippen LogP contribution in [0.5, 0.6) is 0 Å². The fourth-order valence-corrected chi connectivity index (χ4v) is 4.65. The lowest BCUT2D eigenvalue weighted by molar-refractivity contribution is 0.0966. The average molecular weight is 382 g/mol. The Morgan fingerprint density at radius 3 is 3.00 bits per heavy atom. The summed E-state index contributed by atoms with van der Waals surface area (Å²) in [6, 6.07) is 9.20. The van der Waals surface area contributed by atoms with Crippen LogP contribution in [0, 0.1) is 5.92 Å². The van der Waals surface area contributed by atoms with Crippen LogP contribution in [0.15, 0.2) is 35.1 Å². The summed E-state index contributed by atoms with van der Waals surface area (Å²) in [6.45, 7) is 4.58. The standard InChI is InChI=1S/C20H22N4O2S/c1-3-24-19(26)14-6-4-5-7-15(14)21-20(24)23-22-18(25)17-11-13-10-12(2)8-9-16(13)27-17/h4-7,11-12H,3,8-10H2,1-2H3,(H,21,23)(H,22,25). The van der Waals surface area contributed by atoms with Crippen molar-refractivity contribution in [2.24, 2.45) is 5.92 Å². The minimum absolute atomic E-state index is 0.125. The molecule has 27 heavy (non-hydrogen) atoms. The molecule has 1 amide bonds. The van der Waals surface area contributed by atoms with Gasteiger partial charge in [0.2, 0.25) is 5.95 Å². The molecule has 2 N–H and O–H groups in total. The summed E-state index contributed by atoms with van der Waals surface area (Å²) in [5.41, 5.74) is 7.31. The van der Waals surface area contributed by atoms with Crippen molar-refractivity contribution in [3.05, 3.63) is 56.0 Å². The third kappa shape index (κ3) is 3.35. The molecule has 0 bridgehead atoms. The Bertz CT molecular complexity index is 1070. The number of hydrazine groups is 1. The van der Waals surface area contributed by atoms with Gasteiger partial charge in [-0.05, 0) is 55.9 Å². The van der Waals surface area contributed by atoms with Crippen LogP contribution >= 0.6 is 11.3 Å². The van der Waals surface area contributed by atoms with Crippen LogP contribution in [0.1, 0.15) is 40.4 Å². The lowest BCUT2D eigenvalue weighted by Gasteiger charge is -2.16. The number of para-hydroxylation sites is 1. The van der Waals surface area contributed by atoms with Crippen molar-refractivity contribution < 1.29 is 4.79 Å². The maximum absolute atomic E-state index is 12.6. The molecular formula is C20H22N4O2S. The number of anilines is 1. The van der Waals surface area contributed by atoms with Crippen molar-refractivity contribution in [3.8, 4) is 0 Å². The number of rotatable bonds is 4. The van der Waals surface area contributed by atoms with Gasteiger partial charge in [-0.25, -0.2) is 4.98 Å². The molecule has 1 unspecified atom stereocenters. The van der Waals surface area contributed by atoms with E-state index in [-0.39, 0.29) is 11.5 Å². The zero-order chi connectivity index (χ0) is 19.0. The third-order valence-electron chi connectivity index (χ3n) is 5.02. The summed E-state index contributed by atoms with van der Waals surface area (Å²) in [4.78, 5) is 31.7. The quantitative estimate of drug-likeness (QED) is 0.679. The number of hydrogen-bond donors (Lipinski definition) is 2. The van der Waals surface area contributed by atoms with E-state index < -0.39 is 0 Å². The van der Waals surface area contributed by atoms with Crippen LogP contribution in [0.25, 0.3) is 10.9 Å². The first-order valence-electron chi connectivity index (χ1n) is 9.24. The van der Waals surface area contributed by atoms with Gasteiger partial charge in [0.15, 0.2) is 0 Å². The molecule has 2 aromatic heterocycles. The van der Waals surface area contributed by atoms with Gasteiger partial charge in [-0.1, -0.05) is 19.1 Å². The minimum atomic E-state index is -0.202. The Labute approximate surface area is 161 Å². The minimum Gasteiger partial charge on any atom is -0.277 e. The fourth-order valence-electron chi connectivity index (χ4n) is 3.55. The largest absolute Gasteiger partial charge is 0.279 e. The number of fused-ring (bicyclic) bond motifs is 2. The molecule has 0 spiro atoms. The molecule has 3 aromatic rings. The molecule has 7 heteroatoms. The summed E-state index contributed by atoms with van der Waals surface area (Å²) in [7, 11) is 0. The average Bonchev–Trinajstić information content (AvgIpc) is 3.09. The van der Waals surface area contributed by atoms with Crippen molar-refractivity contribution in [3.63, 3.8) is 0 Å². The maximum atomic E-state index is 12.6. The first-order chi connectivity index (χ1) is 13.1. The van der Waals surface area contributed by atoms with Gasteiger partial charge in [0.25, 0.3) is 11.5 Å². The molecule has 0 saturated carbocycles. The molecule has 1 aliphatic rings. The summed E-state index contributed by atoms with van der Waals surface area (Å²) in [5.74, 6) is 0.804. The normalized spacial score (nSPS) is 16.1. The van der Waals surface area contributed by atoms with E-state index in [1.165, 1.54) is 21.4 Å². The molecule has 1 atom stereocenters. The van der Waals surface area contributed by atoms with Gasteiger partial charge < -0.3 is 0 Å². The molecule has 1 aliphatic carbocycles. The second-order valence-electron chi connectivity index (χ2n) is 6.99. The third-order valence-corrected chi connectivity index (χ3v) is 6.25. The number of amides is 1. The van der Waals surface area contributed by atoms with E-state index in [0.717, 1.165) is 12.8 Å². The molecule has 0 saturated heterocycles. The van der Waals surface area contributed by atoms with Crippen molar-refractivity contribution in [1.82, 2.24) is 15.0 Å². The van der Waals surface area contributed by atoms with E-state index in [1.54, 1.807) is 23.5 Å². The highest BCUT2D eigenvalue weighted by Gasteiger charge is 2.21. The van der Waals surface area contributed by atoms with E-state index in [2.05, 4.69) is 22.8 Å². The Morgan fingerprint density at radius 2 is 2.19 bits per heavy atom. The monoisotopic (exact) mass is 382 g/mol. The topological polar surface area (TPSA) is 76.0 Å². The number of hydrogen-bond acceptors (Lipinski definition) is 5. The number of nitrogens with zero attached hydrogens (tertiary/aromatic N) is 2. The van der Waals surface area contributed by atoms with E-state index >= 15 is 0 Å². The number of nitrogens with one attached hydrogen (secondary N) is 2. The van der Waals surface area contributed by atoms with Crippen LogP contribution in [0.2, 0.25) is 0 Å². The van der Waals surface area contributed by atoms with Crippen molar-refractivity contribution in [1.29, 1.82) is 0 Å². The summed E-state index contributed by atoms with van der Waals surface area (Å²) >= 11 is 1.56. The number of aryl methyl sites for hydroxylation is 1. The zero-order valence-corrected chi connectivity index (χ0v) is 16.2. The van der Waals surface area contributed by atoms with Crippen LogP contribution in [-0.4, -0.2) is 15.5 Å². The fraction of sp³-hybridized carbons (Fsp3) is 0.350. The van der Waals surface area contributed by atoms with E-state index in [4.69, 9.17) is 0 Å². The number of carbonyl (C=O) groups is 1. The molecule has 0 radical (unpaired) electrons. The van der Waals surface area contributed by atoms with Crippen LogP contribution < -0.4 is 16.4 Å². The van der Waals surface area contributed by atoms with Crippen molar-refractivity contribution >= 4 is 34.1 Å². The van der Waals surface area contributed by atoms with Crippen LogP contribution in [-0.2, 0) is 19.4 Å². The first-order valence-corrected chi connectivity index (χ1v) is 10.1. The number of benzene rings is 1. The smallest absolute Gasteiger partial charge is 0.277 e. The van der Waals surface area contributed by atoms with Gasteiger partial charge >= 0.3 is 0 Å². The van der Waals surface area contributed by atoms with Gasteiger partial charge in [0.1, 0.15) is 0 Å². The maximum Gasteiger partial charge on any atom is 0.279 e. The second-order valence-corrected chi connectivity index (χ2v) is 8.12. The lowest BCUT2D eigenvalue weighted by Crippen LogP contribution is -2.34. The SMILES string of the molecule is CCn1c(NNC(=O)c2cc3c(s2)CCC(C)C3)nc2ccccc2c1=O. The summed E-state index contributed by atoms with van der Waals surface area (Å²) < 4.78 is 1.52. The lowest BCUT2D eigenvalue weighted by atomic mass is 9.90. The van der Waals surface area contributed by atoms with Crippen molar-refractivity contribution in [2.75, 3.05) is 5.43 Å². The van der Waals surface area contributed by atoms with E-state index in [0.29, 0.717) is 34.2 Å². The van der Waals surface area contributed by atoms with Crippen LogP contribution in [0.3, 0.4) is 0 Å². The highest BCUT2D eigenvalue weighted by Crippen LogP contribution is 2.32. The molecule has 2 heterocycles. The molecule has 1 aromatic carbocycles. The Balaban J connectivity index is 1.57. The molecule has 0 aliphatic heterocycles. The Hall–Kier alpha value is -2.67. The number of thiophene rings is 1. The second kappa shape index (κ2) is 7.15. The predicted molar refractivity (Wildman–Crippen MR) is 108 cm³/mol. The van der Waals surface area contributed by atoms with Gasteiger partial charge in [-0.15, -0.1) is 11.3 Å². The van der Waals surface area contributed by atoms with Gasteiger partial charge in [-0.3, -0.25) is 25.0 Å². The van der Waals surface area contributed by atoms with Gasteiger partial charge in [0, 0.05) is 11.4 Å². The van der Waals surface area contributed by atoms with Gasteiger partial charge in [0.05, 0.1) is 15.8 Å². The molecule has 0 fully saturated rings. The highest BCUT2D eigenvalue weighted by molar-refractivity contribution is 7.14. The van der Waals surface area contributed by atoms with Crippen molar-refractivity contribution in [2.45, 2.75) is 39.7 Å². The number of aromatic nitrogens is 2. The summed E-state index contributed by atoms with van der Waals surface area (Å²) in [6.07, 6.45) is 3.26. The van der Waals surface area contributed by atoms with E-state index in [9.17, 15) is 9.59 Å². The highest BCUT2D eigenvalue weighted by atomic mass is 32.1. The van der Waals surface area contributed by atoms with Gasteiger partial charge in [-0.2, -0.15) is 0 Å². The Kier molecular flexibility index (Phi) is 4.70. The first kappa shape index (κ1) is 17.7. The zero-order valence-electron chi connectivity index (χ0n) is 15.4. The molecule has 6 nitrogen and oxygen atoms in total. The molecule has 4 rings (SSSR count). The number of carbonyl (C=O) groups excluding carboxylic acids is 1. The summed E-state index contributed by atoms with van der Waals surface area (Å²) in [5, 5.41) is 0.566.